The number of aromatic carboxylic acids is 1. The topological polar surface area (TPSA) is 87.1 Å². The lowest BCUT2D eigenvalue weighted by atomic mass is 9.98. The number of carbonyl (C=O) groups is 1. The fraction of sp³-hybridized carbons (Fsp3) is 0.200. The average Bonchev–Trinajstić information content (AvgIpc) is 2.25. The third-order valence-corrected chi connectivity index (χ3v) is 2.12. The molecule has 17 heavy (non-hydrogen) atoms. The van der Waals surface area contributed by atoms with Crippen LogP contribution in [0.4, 0.5) is 13.2 Å². The molecule has 3 N–H and O–H groups in total. The molecule has 0 amide bonds. The molecule has 1 aromatic carbocycles. The van der Waals surface area contributed by atoms with Crippen molar-refractivity contribution < 1.29 is 23.1 Å². The van der Waals surface area contributed by atoms with Crippen molar-refractivity contribution in [3.05, 3.63) is 34.4 Å². The number of carboxylic acids is 1. The predicted octanol–water partition coefficient (Wildman–Crippen LogP) is 1.73. The Bertz CT molecular complexity index is 503. The summed E-state index contributed by atoms with van der Waals surface area (Å²) in [7, 11) is 0. The fourth-order valence-corrected chi connectivity index (χ4v) is 1.35. The second kappa shape index (κ2) is 4.43. The molecule has 0 aliphatic rings. The highest BCUT2D eigenvalue weighted by molar-refractivity contribution is 5.91. The molecule has 1 aromatic rings. The first-order valence-electron chi connectivity index (χ1n) is 4.38. The molecule has 4 nitrogen and oxygen atoms in total. The van der Waals surface area contributed by atoms with E-state index in [9.17, 15) is 18.0 Å². The predicted molar refractivity (Wildman–Crippen MR) is 51.0 cm³/mol. The first-order chi connectivity index (χ1) is 7.81. The standard InChI is InChI=1S/C10H7F3N2O2/c11-10(12,13)8-2-7(9(16)17)5(3-14)1-6(8)4-15/h1-2H,4,15H2,(H,16,17). The number of halogens is 3. The molecular formula is C10H7F3N2O2. The normalized spacial score (nSPS) is 11.0. The molecule has 0 aliphatic heterocycles. The van der Waals surface area contributed by atoms with Gasteiger partial charge in [-0.2, -0.15) is 18.4 Å². The van der Waals surface area contributed by atoms with E-state index in [2.05, 4.69) is 0 Å². The van der Waals surface area contributed by atoms with Gasteiger partial charge in [0.2, 0.25) is 0 Å². The summed E-state index contributed by atoms with van der Waals surface area (Å²) in [4.78, 5) is 10.7. The van der Waals surface area contributed by atoms with Gasteiger partial charge < -0.3 is 10.8 Å². The molecule has 0 unspecified atom stereocenters. The van der Waals surface area contributed by atoms with Crippen LogP contribution in [0.2, 0.25) is 0 Å². The summed E-state index contributed by atoms with van der Waals surface area (Å²) in [5.74, 6) is -1.59. The molecule has 0 bridgehead atoms. The molecule has 0 heterocycles. The van der Waals surface area contributed by atoms with Crippen molar-refractivity contribution >= 4 is 5.97 Å². The molecular weight excluding hydrogens is 237 g/mol. The third-order valence-electron chi connectivity index (χ3n) is 2.12. The number of hydrogen-bond acceptors (Lipinski definition) is 3. The van der Waals surface area contributed by atoms with Gasteiger partial charge in [-0.1, -0.05) is 0 Å². The van der Waals surface area contributed by atoms with Crippen molar-refractivity contribution in [2.75, 3.05) is 0 Å². The summed E-state index contributed by atoms with van der Waals surface area (Å²) in [6.45, 7) is -0.427. The lowest BCUT2D eigenvalue weighted by Gasteiger charge is -2.13. The van der Waals surface area contributed by atoms with Crippen LogP contribution in [-0.2, 0) is 12.7 Å². The van der Waals surface area contributed by atoms with Crippen LogP contribution < -0.4 is 5.73 Å². The highest BCUT2D eigenvalue weighted by atomic mass is 19.4. The van der Waals surface area contributed by atoms with Crippen molar-refractivity contribution in [3.63, 3.8) is 0 Å². The number of nitrogens with zero attached hydrogens (tertiary/aromatic N) is 1. The fourth-order valence-electron chi connectivity index (χ4n) is 1.35. The number of benzene rings is 1. The SMILES string of the molecule is N#Cc1cc(CN)c(C(F)(F)F)cc1C(=O)O. The maximum atomic E-state index is 12.6. The molecule has 0 saturated heterocycles. The highest BCUT2D eigenvalue weighted by Crippen LogP contribution is 2.33. The van der Waals surface area contributed by atoms with E-state index in [1.54, 1.807) is 0 Å². The van der Waals surface area contributed by atoms with Gasteiger partial charge in [0.1, 0.15) is 6.07 Å². The third kappa shape index (κ3) is 2.54. The van der Waals surface area contributed by atoms with Crippen molar-refractivity contribution in [3.8, 4) is 6.07 Å². The second-order valence-corrected chi connectivity index (χ2v) is 3.17. The van der Waals surface area contributed by atoms with E-state index in [0.717, 1.165) is 6.07 Å². The lowest BCUT2D eigenvalue weighted by molar-refractivity contribution is -0.138. The van der Waals surface area contributed by atoms with Gasteiger partial charge >= 0.3 is 12.1 Å². The Morgan fingerprint density at radius 1 is 1.47 bits per heavy atom. The first kappa shape index (κ1) is 13.0. The Kier molecular flexibility index (Phi) is 3.39. The van der Waals surface area contributed by atoms with E-state index in [-0.39, 0.29) is 11.1 Å². The molecule has 0 fully saturated rings. The van der Waals surface area contributed by atoms with Gasteiger partial charge in [0, 0.05) is 6.54 Å². The molecule has 1 rings (SSSR count). The molecule has 7 heteroatoms. The molecule has 0 aromatic heterocycles. The zero-order chi connectivity index (χ0) is 13.2. The van der Waals surface area contributed by atoms with E-state index in [1.165, 1.54) is 6.07 Å². The maximum absolute atomic E-state index is 12.6. The Morgan fingerprint density at radius 2 is 2.06 bits per heavy atom. The van der Waals surface area contributed by atoms with E-state index < -0.39 is 29.8 Å². The number of hydrogen-bond donors (Lipinski definition) is 2. The summed E-state index contributed by atoms with van der Waals surface area (Å²) in [5.41, 5.74) is 2.68. The summed E-state index contributed by atoms with van der Waals surface area (Å²) < 4.78 is 37.7. The molecule has 0 radical (unpaired) electrons. The number of nitriles is 1. The summed E-state index contributed by atoms with van der Waals surface area (Å²) in [5, 5.41) is 17.3. The minimum absolute atomic E-state index is 0.306. The largest absolute Gasteiger partial charge is 0.478 e. The highest BCUT2D eigenvalue weighted by Gasteiger charge is 2.34. The molecule has 0 atom stereocenters. The van der Waals surface area contributed by atoms with Gasteiger partial charge in [0.25, 0.3) is 0 Å². The van der Waals surface area contributed by atoms with Gasteiger partial charge in [-0.25, -0.2) is 4.79 Å². The Hall–Kier alpha value is -2.07. The summed E-state index contributed by atoms with van der Waals surface area (Å²) in [6.07, 6.45) is -4.70. The minimum atomic E-state index is -4.70. The number of rotatable bonds is 2. The lowest BCUT2D eigenvalue weighted by Crippen LogP contribution is -2.15. The smallest absolute Gasteiger partial charge is 0.416 e. The van der Waals surface area contributed by atoms with Crippen LogP contribution in [0.15, 0.2) is 12.1 Å². The van der Waals surface area contributed by atoms with E-state index >= 15 is 0 Å². The first-order valence-corrected chi connectivity index (χ1v) is 4.38. The van der Waals surface area contributed by atoms with Gasteiger partial charge in [-0.3, -0.25) is 0 Å². The molecule has 0 spiro atoms. The monoisotopic (exact) mass is 244 g/mol. The Balaban J connectivity index is 3.58. The minimum Gasteiger partial charge on any atom is -0.478 e. The quantitative estimate of drug-likeness (QED) is 0.829. The van der Waals surface area contributed by atoms with Gasteiger partial charge in [0.05, 0.1) is 16.7 Å². The number of alkyl halides is 3. The molecule has 0 aliphatic carbocycles. The van der Waals surface area contributed by atoms with Gasteiger partial charge in [-0.05, 0) is 17.7 Å². The van der Waals surface area contributed by atoms with Crippen molar-refractivity contribution in [2.24, 2.45) is 5.73 Å². The zero-order valence-electron chi connectivity index (χ0n) is 8.38. The Labute approximate surface area is 94.1 Å². The molecule has 90 valence electrons. The summed E-state index contributed by atoms with van der Waals surface area (Å²) >= 11 is 0. The van der Waals surface area contributed by atoms with Crippen LogP contribution >= 0.6 is 0 Å². The van der Waals surface area contributed by atoms with Crippen LogP contribution in [0.25, 0.3) is 0 Å². The summed E-state index contributed by atoms with van der Waals surface area (Å²) in [6, 6.07) is 2.81. The van der Waals surface area contributed by atoms with Crippen molar-refractivity contribution in [1.29, 1.82) is 5.26 Å². The maximum Gasteiger partial charge on any atom is 0.416 e. The van der Waals surface area contributed by atoms with Crippen molar-refractivity contribution in [2.45, 2.75) is 12.7 Å². The number of carboxylic acid groups (broad SMARTS) is 1. The van der Waals surface area contributed by atoms with Crippen LogP contribution in [-0.4, -0.2) is 11.1 Å². The zero-order valence-corrected chi connectivity index (χ0v) is 8.38. The van der Waals surface area contributed by atoms with E-state index in [1.807, 2.05) is 0 Å². The van der Waals surface area contributed by atoms with E-state index in [4.69, 9.17) is 16.1 Å². The van der Waals surface area contributed by atoms with Crippen LogP contribution in [0, 0.1) is 11.3 Å². The van der Waals surface area contributed by atoms with E-state index in [0.29, 0.717) is 6.07 Å². The van der Waals surface area contributed by atoms with Crippen molar-refractivity contribution in [1.82, 2.24) is 0 Å². The average molecular weight is 244 g/mol. The van der Waals surface area contributed by atoms with Gasteiger partial charge in [-0.15, -0.1) is 0 Å². The van der Waals surface area contributed by atoms with Gasteiger partial charge in [0.15, 0.2) is 0 Å². The number of nitrogens with two attached hydrogens (primary N) is 1. The Morgan fingerprint density at radius 3 is 2.41 bits per heavy atom. The molecule has 0 saturated carbocycles. The second-order valence-electron chi connectivity index (χ2n) is 3.17. The van der Waals surface area contributed by atoms with Crippen LogP contribution in [0.5, 0.6) is 0 Å². The van der Waals surface area contributed by atoms with Crippen LogP contribution in [0.1, 0.15) is 27.0 Å². The van der Waals surface area contributed by atoms with Crippen LogP contribution in [0.3, 0.4) is 0 Å².